The Hall–Kier alpha value is -2.60. The van der Waals surface area contributed by atoms with Crippen LogP contribution in [0.5, 0.6) is 5.75 Å². The molecule has 1 amide bonds. The Morgan fingerprint density at radius 3 is 2.71 bits per heavy atom. The largest absolute Gasteiger partial charge is 0.493 e. The first-order valence-electron chi connectivity index (χ1n) is 7.35. The molecular formula is C17H17ClN2O4. The number of non-ortho nitro benzene ring substituents is 1. The van der Waals surface area contributed by atoms with Gasteiger partial charge in [-0.05, 0) is 30.2 Å². The summed E-state index contributed by atoms with van der Waals surface area (Å²) in [6, 6.07) is 10.6. The fourth-order valence-electron chi connectivity index (χ4n) is 1.91. The number of benzene rings is 2. The predicted molar refractivity (Wildman–Crippen MR) is 92.8 cm³/mol. The minimum Gasteiger partial charge on any atom is -0.493 e. The Bertz CT molecular complexity index is 762. The molecule has 0 radical (unpaired) electrons. The van der Waals surface area contributed by atoms with Crippen molar-refractivity contribution in [2.45, 2.75) is 13.8 Å². The maximum atomic E-state index is 12.3. The maximum absolute atomic E-state index is 12.3. The smallest absolute Gasteiger partial charge is 0.271 e. The number of carbonyl (C=O) groups excluding carboxylic acids is 1. The van der Waals surface area contributed by atoms with Crippen LogP contribution in [0, 0.1) is 16.0 Å². The number of hydrogen-bond donors (Lipinski definition) is 1. The van der Waals surface area contributed by atoms with Gasteiger partial charge in [-0.1, -0.05) is 31.5 Å². The van der Waals surface area contributed by atoms with Crippen molar-refractivity contribution in [1.82, 2.24) is 0 Å². The lowest BCUT2D eigenvalue weighted by molar-refractivity contribution is -0.384. The number of nitrogens with zero attached hydrogens (tertiary/aromatic N) is 1. The topological polar surface area (TPSA) is 81.5 Å². The monoisotopic (exact) mass is 348 g/mol. The van der Waals surface area contributed by atoms with E-state index in [-0.39, 0.29) is 16.4 Å². The summed E-state index contributed by atoms with van der Waals surface area (Å²) in [5.41, 5.74) is 0.409. The zero-order valence-corrected chi connectivity index (χ0v) is 14.0. The third-order valence-corrected chi connectivity index (χ3v) is 3.42. The highest BCUT2D eigenvalue weighted by atomic mass is 35.5. The van der Waals surface area contributed by atoms with E-state index in [4.69, 9.17) is 16.3 Å². The van der Waals surface area contributed by atoms with E-state index in [1.807, 2.05) is 13.8 Å². The summed E-state index contributed by atoms with van der Waals surface area (Å²) in [7, 11) is 0. The van der Waals surface area contributed by atoms with Gasteiger partial charge in [0.2, 0.25) is 0 Å². The number of nitro groups is 1. The van der Waals surface area contributed by atoms with E-state index in [1.54, 1.807) is 24.3 Å². The summed E-state index contributed by atoms with van der Waals surface area (Å²) in [4.78, 5) is 22.6. The van der Waals surface area contributed by atoms with E-state index in [0.29, 0.717) is 23.8 Å². The fraction of sp³-hybridized carbons (Fsp3) is 0.235. The van der Waals surface area contributed by atoms with Crippen molar-refractivity contribution in [3.8, 4) is 5.75 Å². The number of nitrogens with one attached hydrogen (secondary N) is 1. The summed E-state index contributed by atoms with van der Waals surface area (Å²) in [5, 5.41) is 13.6. The molecule has 0 fully saturated rings. The van der Waals surface area contributed by atoms with Crippen LogP contribution in [-0.2, 0) is 0 Å². The molecule has 6 nitrogen and oxygen atoms in total. The molecule has 0 aliphatic heterocycles. The second kappa shape index (κ2) is 7.79. The second-order valence-electron chi connectivity index (χ2n) is 5.61. The maximum Gasteiger partial charge on any atom is 0.271 e. The first kappa shape index (κ1) is 17.7. The molecule has 2 aromatic rings. The van der Waals surface area contributed by atoms with Gasteiger partial charge in [0.25, 0.3) is 11.6 Å². The fourth-order valence-corrected chi connectivity index (χ4v) is 2.07. The Morgan fingerprint density at radius 1 is 1.29 bits per heavy atom. The standard InChI is InChI=1S/C17H17ClN2O4/c1-11(2)10-24-14-5-3-4-12(8-14)17(21)19-16-9-13(20(22)23)6-7-15(16)18/h3-9,11H,10H2,1-2H3,(H,19,21). The van der Waals surface area contributed by atoms with Crippen molar-refractivity contribution in [1.29, 1.82) is 0 Å². The molecule has 2 rings (SSSR count). The third kappa shape index (κ3) is 4.70. The summed E-state index contributed by atoms with van der Waals surface area (Å²) in [5.74, 6) is 0.528. The zero-order valence-electron chi connectivity index (χ0n) is 13.3. The minimum atomic E-state index is -0.549. The number of rotatable bonds is 6. The van der Waals surface area contributed by atoms with Gasteiger partial charge in [-0.3, -0.25) is 14.9 Å². The lowest BCUT2D eigenvalue weighted by atomic mass is 10.2. The zero-order chi connectivity index (χ0) is 17.7. The molecule has 126 valence electrons. The number of nitro benzene ring substituents is 1. The average Bonchev–Trinajstić information content (AvgIpc) is 2.55. The van der Waals surface area contributed by atoms with Gasteiger partial charge in [-0.15, -0.1) is 0 Å². The van der Waals surface area contributed by atoms with Gasteiger partial charge in [0.05, 0.1) is 22.2 Å². The van der Waals surface area contributed by atoms with Crippen molar-refractivity contribution in [3.05, 3.63) is 63.2 Å². The van der Waals surface area contributed by atoms with Gasteiger partial charge in [-0.2, -0.15) is 0 Å². The van der Waals surface area contributed by atoms with Crippen LogP contribution in [0.1, 0.15) is 24.2 Å². The van der Waals surface area contributed by atoms with E-state index in [9.17, 15) is 14.9 Å². The molecule has 1 N–H and O–H groups in total. The molecule has 7 heteroatoms. The molecule has 0 saturated heterocycles. The van der Waals surface area contributed by atoms with E-state index in [1.165, 1.54) is 18.2 Å². The van der Waals surface area contributed by atoms with Gasteiger partial charge in [0, 0.05) is 17.7 Å². The van der Waals surface area contributed by atoms with Crippen LogP contribution < -0.4 is 10.1 Å². The van der Waals surface area contributed by atoms with Gasteiger partial charge < -0.3 is 10.1 Å². The third-order valence-electron chi connectivity index (χ3n) is 3.09. The molecule has 0 unspecified atom stereocenters. The van der Waals surface area contributed by atoms with Gasteiger partial charge in [-0.25, -0.2) is 0 Å². The first-order valence-corrected chi connectivity index (χ1v) is 7.72. The Balaban J connectivity index is 2.16. The number of anilines is 1. The Kier molecular flexibility index (Phi) is 5.76. The highest BCUT2D eigenvalue weighted by molar-refractivity contribution is 6.34. The molecule has 0 aliphatic rings. The Morgan fingerprint density at radius 2 is 2.04 bits per heavy atom. The molecule has 0 bridgehead atoms. The summed E-state index contributed by atoms with van der Waals surface area (Å²) < 4.78 is 5.59. The van der Waals surface area contributed by atoms with E-state index in [2.05, 4.69) is 5.32 Å². The van der Waals surface area contributed by atoms with Crippen LogP contribution in [-0.4, -0.2) is 17.4 Å². The number of carbonyl (C=O) groups is 1. The van der Waals surface area contributed by atoms with Crippen LogP contribution in [0.3, 0.4) is 0 Å². The lowest BCUT2D eigenvalue weighted by Crippen LogP contribution is -2.13. The number of hydrogen-bond acceptors (Lipinski definition) is 4. The minimum absolute atomic E-state index is 0.149. The highest BCUT2D eigenvalue weighted by Crippen LogP contribution is 2.27. The van der Waals surface area contributed by atoms with Gasteiger partial charge in [0.1, 0.15) is 5.75 Å². The molecule has 0 heterocycles. The quantitative estimate of drug-likeness (QED) is 0.614. The SMILES string of the molecule is CC(C)COc1cccc(C(=O)Nc2cc([N+](=O)[O-])ccc2Cl)c1. The normalized spacial score (nSPS) is 10.5. The molecule has 0 atom stereocenters. The Labute approximate surface area is 144 Å². The molecule has 0 aromatic heterocycles. The molecule has 0 aliphatic carbocycles. The molecule has 2 aromatic carbocycles. The predicted octanol–water partition coefficient (Wildman–Crippen LogP) is 4.54. The summed E-state index contributed by atoms with van der Waals surface area (Å²) in [6.07, 6.45) is 0. The van der Waals surface area contributed by atoms with Crippen molar-refractivity contribution in [2.24, 2.45) is 5.92 Å². The van der Waals surface area contributed by atoms with Crippen LogP contribution in [0.2, 0.25) is 5.02 Å². The highest BCUT2D eigenvalue weighted by Gasteiger charge is 2.14. The number of amides is 1. The van der Waals surface area contributed by atoms with Crippen LogP contribution >= 0.6 is 11.6 Å². The van der Waals surface area contributed by atoms with Crippen LogP contribution in [0.15, 0.2) is 42.5 Å². The van der Waals surface area contributed by atoms with Crippen LogP contribution in [0.25, 0.3) is 0 Å². The van der Waals surface area contributed by atoms with Crippen LogP contribution in [0.4, 0.5) is 11.4 Å². The van der Waals surface area contributed by atoms with Crippen molar-refractivity contribution < 1.29 is 14.5 Å². The summed E-state index contributed by atoms with van der Waals surface area (Å²) in [6.45, 7) is 4.60. The van der Waals surface area contributed by atoms with E-state index in [0.717, 1.165) is 0 Å². The van der Waals surface area contributed by atoms with E-state index >= 15 is 0 Å². The molecular weight excluding hydrogens is 332 g/mol. The number of ether oxygens (including phenoxy) is 1. The number of halogens is 1. The van der Waals surface area contributed by atoms with Crippen molar-refractivity contribution in [3.63, 3.8) is 0 Å². The molecule has 24 heavy (non-hydrogen) atoms. The van der Waals surface area contributed by atoms with Crippen molar-refractivity contribution >= 4 is 28.9 Å². The van der Waals surface area contributed by atoms with Gasteiger partial charge >= 0.3 is 0 Å². The average molecular weight is 349 g/mol. The lowest BCUT2D eigenvalue weighted by Gasteiger charge is -2.11. The molecule has 0 spiro atoms. The first-order chi connectivity index (χ1) is 11.4. The summed E-state index contributed by atoms with van der Waals surface area (Å²) >= 11 is 5.99. The van der Waals surface area contributed by atoms with Gasteiger partial charge in [0.15, 0.2) is 0 Å². The van der Waals surface area contributed by atoms with E-state index < -0.39 is 10.8 Å². The van der Waals surface area contributed by atoms with Crippen molar-refractivity contribution in [2.75, 3.05) is 11.9 Å². The molecule has 0 saturated carbocycles. The second-order valence-corrected chi connectivity index (χ2v) is 6.02.